The van der Waals surface area contributed by atoms with Gasteiger partial charge < -0.3 is 23.7 Å². The number of rotatable bonds is 5. The summed E-state index contributed by atoms with van der Waals surface area (Å²) in [7, 11) is 3.56. The van der Waals surface area contributed by atoms with Gasteiger partial charge in [-0.3, -0.25) is 0 Å². The first-order valence-electron chi connectivity index (χ1n) is 5.50. The molecule has 1 N–H and O–H groups in total. The van der Waals surface area contributed by atoms with Crippen LogP contribution in [0.4, 0.5) is 0 Å². The molecule has 18 heavy (non-hydrogen) atoms. The molecule has 0 aliphatic carbocycles. The molecule has 1 rings (SSSR count). The lowest BCUT2D eigenvalue weighted by Gasteiger charge is -2.23. The highest BCUT2D eigenvalue weighted by molar-refractivity contribution is 6.84. The normalized spacial score (nSPS) is 11.1. The Morgan fingerprint density at radius 1 is 0.833 bits per heavy atom. The molecule has 0 atom stereocenters. The zero-order valence-electron chi connectivity index (χ0n) is 11.7. The second-order valence-electron chi connectivity index (χ2n) is 4.29. The Kier molecular flexibility index (Phi) is 4.47. The third-order valence-electron chi connectivity index (χ3n) is 2.65. The first-order valence-corrected chi connectivity index (χ1v) is 8.45. The second-order valence-corrected chi connectivity index (χ2v) is 7.94. The Morgan fingerprint density at radius 3 is 1.67 bits per heavy atom. The summed E-state index contributed by atoms with van der Waals surface area (Å²) < 4.78 is 21.2. The zero-order chi connectivity index (χ0) is 13.9. The minimum Gasteiger partial charge on any atom is -0.493 e. The number of hydrogen-bond acceptors (Lipinski definition) is 5. The van der Waals surface area contributed by atoms with E-state index in [0.717, 1.165) is 0 Å². The van der Waals surface area contributed by atoms with Crippen LogP contribution in [0.3, 0.4) is 0 Å². The number of methoxy groups -OCH3 is 4. The highest BCUT2D eigenvalue weighted by atomic mass is 28.4. The standard InChI is InChI=1S/C12H20O5Si/c1-14-8-7-9(18(5,6)13)11(16-3)12(17-4)10(8)15-2/h7,13H,1-6H3. The van der Waals surface area contributed by atoms with Crippen molar-refractivity contribution in [3.05, 3.63) is 6.07 Å². The van der Waals surface area contributed by atoms with E-state index in [0.29, 0.717) is 28.2 Å². The van der Waals surface area contributed by atoms with Crippen molar-refractivity contribution in [1.82, 2.24) is 0 Å². The summed E-state index contributed by atoms with van der Waals surface area (Å²) in [4.78, 5) is 10.3. The molecule has 0 amide bonds. The Balaban J connectivity index is 3.64. The average Bonchev–Trinajstić information content (AvgIpc) is 2.34. The Hall–Kier alpha value is -1.40. The van der Waals surface area contributed by atoms with Crippen molar-refractivity contribution in [1.29, 1.82) is 0 Å². The predicted octanol–water partition coefficient (Wildman–Crippen LogP) is 1.13. The molecule has 6 heteroatoms. The summed E-state index contributed by atoms with van der Waals surface area (Å²) in [5.74, 6) is 1.90. The lowest BCUT2D eigenvalue weighted by molar-refractivity contribution is 0.306. The molecular formula is C12H20O5Si. The van der Waals surface area contributed by atoms with Gasteiger partial charge in [-0.05, 0) is 19.2 Å². The topological polar surface area (TPSA) is 57.2 Å². The van der Waals surface area contributed by atoms with Gasteiger partial charge in [-0.15, -0.1) is 0 Å². The third kappa shape index (κ3) is 2.54. The van der Waals surface area contributed by atoms with Crippen molar-refractivity contribution < 1.29 is 23.7 Å². The second kappa shape index (κ2) is 5.49. The van der Waals surface area contributed by atoms with Gasteiger partial charge in [0.15, 0.2) is 11.5 Å². The van der Waals surface area contributed by atoms with Gasteiger partial charge in [0.25, 0.3) is 0 Å². The van der Waals surface area contributed by atoms with Crippen LogP contribution in [-0.4, -0.2) is 41.6 Å². The first-order chi connectivity index (χ1) is 8.40. The third-order valence-corrected chi connectivity index (χ3v) is 4.34. The molecule has 0 saturated carbocycles. The lowest BCUT2D eigenvalue weighted by Crippen LogP contribution is -2.42. The van der Waals surface area contributed by atoms with Crippen LogP contribution in [0.2, 0.25) is 13.1 Å². The van der Waals surface area contributed by atoms with E-state index in [1.807, 2.05) is 0 Å². The maximum absolute atomic E-state index is 10.3. The molecule has 0 bridgehead atoms. The van der Waals surface area contributed by atoms with Crippen molar-refractivity contribution in [2.45, 2.75) is 13.1 Å². The van der Waals surface area contributed by atoms with Crippen molar-refractivity contribution in [3.63, 3.8) is 0 Å². The first kappa shape index (κ1) is 14.7. The molecule has 0 saturated heterocycles. The number of hydrogen-bond donors (Lipinski definition) is 1. The summed E-state index contributed by atoms with van der Waals surface area (Å²) in [6.07, 6.45) is 0. The van der Waals surface area contributed by atoms with E-state index in [9.17, 15) is 4.80 Å². The van der Waals surface area contributed by atoms with Crippen LogP contribution < -0.4 is 24.1 Å². The molecule has 0 fully saturated rings. The molecule has 1 aromatic carbocycles. The highest BCUT2D eigenvalue weighted by Gasteiger charge is 2.31. The summed E-state index contributed by atoms with van der Waals surface area (Å²) in [5, 5.41) is 0.708. The summed E-state index contributed by atoms with van der Waals surface area (Å²) in [6, 6.07) is 1.74. The molecule has 0 radical (unpaired) electrons. The van der Waals surface area contributed by atoms with Crippen LogP contribution in [0.1, 0.15) is 0 Å². The maximum atomic E-state index is 10.3. The summed E-state index contributed by atoms with van der Waals surface area (Å²) in [5.41, 5.74) is 0. The van der Waals surface area contributed by atoms with Gasteiger partial charge in [0, 0.05) is 5.19 Å². The van der Waals surface area contributed by atoms with Gasteiger partial charge in [-0.2, -0.15) is 0 Å². The Labute approximate surface area is 108 Å². The van der Waals surface area contributed by atoms with Crippen molar-refractivity contribution >= 4 is 13.5 Å². The maximum Gasteiger partial charge on any atom is 0.218 e. The van der Waals surface area contributed by atoms with E-state index in [1.165, 1.54) is 21.3 Å². The van der Waals surface area contributed by atoms with Crippen LogP contribution in [-0.2, 0) is 0 Å². The van der Waals surface area contributed by atoms with Gasteiger partial charge in [-0.1, -0.05) is 0 Å². The smallest absolute Gasteiger partial charge is 0.218 e. The molecule has 0 aliphatic rings. The average molecular weight is 272 g/mol. The van der Waals surface area contributed by atoms with Crippen molar-refractivity contribution in [2.75, 3.05) is 28.4 Å². The largest absolute Gasteiger partial charge is 0.493 e. The van der Waals surface area contributed by atoms with E-state index >= 15 is 0 Å². The monoisotopic (exact) mass is 272 g/mol. The van der Waals surface area contributed by atoms with E-state index in [1.54, 1.807) is 26.3 Å². The molecule has 0 unspecified atom stereocenters. The summed E-state index contributed by atoms with van der Waals surface area (Å²) in [6.45, 7) is 3.60. The minimum atomic E-state index is -2.57. The van der Waals surface area contributed by atoms with E-state index in [4.69, 9.17) is 18.9 Å². The molecule has 0 aliphatic heterocycles. The van der Waals surface area contributed by atoms with Crippen molar-refractivity contribution in [2.24, 2.45) is 0 Å². The van der Waals surface area contributed by atoms with Crippen LogP contribution in [0.25, 0.3) is 0 Å². The van der Waals surface area contributed by atoms with Crippen LogP contribution in [0, 0.1) is 0 Å². The number of benzene rings is 1. The zero-order valence-corrected chi connectivity index (χ0v) is 12.7. The minimum absolute atomic E-state index is 0.434. The van der Waals surface area contributed by atoms with Crippen LogP contribution >= 0.6 is 0 Å². The van der Waals surface area contributed by atoms with Gasteiger partial charge in [-0.25, -0.2) is 0 Å². The van der Waals surface area contributed by atoms with E-state index in [2.05, 4.69) is 0 Å². The van der Waals surface area contributed by atoms with Crippen LogP contribution in [0.5, 0.6) is 23.0 Å². The molecule has 0 spiro atoms. The van der Waals surface area contributed by atoms with E-state index in [-0.39, 0.29) is 0 Å². The van der Waals surface area contributed by atoms with Gasteiger partial charge in [0.1, 0.15) is 0 Å². The van der Waals surface area contributed by atoms with Crippen LogP contribution in [0.15, 0.2) is 6.07 Å². The Bertz CT molecular complexity index is 425. The highest BCUT2D eigenvalue weighted by Crippen LogP contribution is 2.43. The van der Waals surface area contributed by atoms with Gasteiger partial charge in [0.2, 0.25) is 19.8 Å². The lowest BCUT2D eigenvalue weighted by atomic mass is 10.2. The predicted molar refractivity (Wildman–Crippen MR) is 72.0 cm³/mol. The molecule has 0 aromatic heterocycles. The fourth-order valence-electron chi connectivity index (χ4n) is 1.79. The van der Waals surface area contributed by atoms with Crippen molar-refractivity contribution in [3.8, 4) is 23.0 Å². The number of ether oxygens (including phenoxy) is 4. The fourth-order valence-corrected chi connectivity index (χ4v) is 3.04. The molecule has 1 aromatic rings. The quantitative estimate of drug-likeness (QED) is 0.814. The molecule has 5 nitrogen and oxygen atoms in total. The molecule has 0 heterocycles. The van der Waals surface area contributed by atoms with E-state index < -0.39 is 8.32 Å². The molecular weight excluding hydrogens is 252 g/mol. The van der Waals surface area contributed by atoms with Gasteiger partial charge >= 0.3 is 0 Å². The fraction of sp³-hybridized carbons (Fsp3) is 0.500. The summed E-state index contributed by atoms with van der Waals surface area (Å²) >= 11 is 0. The van der Waals surface area contributed by atoms with Gasteiger partial charge in [0.05, 0.1) is 28.4 Å². The Morgan fingerprint density at radius 2 is 1.33 bits per heavy atom. The SMILES string of the molecule is COc1cc([Si](C)(C)O)c(OC)c(OC)c1OC. The molecule has 102 valence electrons.